The molecule has 1 fully saturated rings. The van der Waals surface area contributed by atoms with E-state index in [-0.39, 0.29) is 28.3 Å². The maximum absolute atomic E-state index is 14.0. The summed E-state index contributed by atoms with van der Waals surface area (Å²) < 4.78 is 65.8. The van der Waals surface area contributed by atoms with E-state index in [0.717, 1.165) is 13.0 Å². The summed E-state index contributed by atoms with van der Waals surface area (Å²) in [5.41, 5.74) is 2.83. The molecule has 0 saturated carbocycles. The monoisotopic (exact) mass is 455 g/mol. The molecule has 0 spiro atoms. The number of amides is 2. The molecule has 32 heavy (non-hydrogen) atoms. The van der Waals surface area contributed by atoms with Gasteiger partial charge < -0.3 is 20.5 Å². The highest BCUT2D eigenvalue weighted by Gasteiger charge is 2.61. The van der Waals surface area contributed by atoms with E-state index in [1.165, 1.54) is 38.4 Å². The van der Waals surface area contributed by atoms with Gasteiger partial charge in [-0.25, -0.2) is 4.39 Å². The number of carbonyl (C=O) groups excluding carboxylic acids is 2. The van der Waals surface area contributed by atoms with Gasteiger partial charge in [-0.3, -0.25) is 14.6 Å². The Morgan fingerprint density at radius 2 is 2.00 bits per heavy atom. The Hall–Kier alpha value is -3.21. The predicted octanol–water partition coefficient (Wildman–Crippen LogP) is 3.47. The highest BCUT2D eigenvalue weighted by Crippen LogP contribution is 2.51. The second kappa shape index (κ2) is 8.38. The van der Waals surface area contributed by atoms with Crippen molar-refractivity contribution in [2.24, 2.45) is 5.73 Å². The topological polar surface area (TPSA) is 104 Å². The number of benzene rings is 1. The molecule has 1 aliphatic rings. The normalized spacial score (nSPS) is 23.1. The molecule has 172 valence electrons. The summed E-state index contributed by atoms with van der Waals surface area (Å²) in [5, 5.41) is 2.44. The van der Waals surface area contributed by atoms with E-state index in [1.54, 1.807) is 0 Å². The number of hydrogen-bond donors (Lipinski definition) is 2. The van der Waals surface area contributed by atoms with Gasteiger partial charge in [0.2, 0.25) is 0 Å². The van der Waals surface area contributed by atoms with E-state index in [2.05, 4.69) is 10.3 Å². The third kappa shape index (κ3) is 4.24. The molecular formula is C21H21F4N3O4. The van der Waals surface area contributed by atoms with Gasteiger partial charge in [-0.2, -0.15) is 13.2 Å². The third-order valence-corrected chi connectivity index (χ3v) is 5.47. The van der Waals surface area contributed by atoms with Crippen LogP contribution in [0.15, 0.2) is 30.5 Å². The van der Waals surface area contributed by atoms with Crippen molar-refractivity contribution >= 4 is 17.5 Å². The van der Waals surface area contributed by atoms with Gasteiger partial charge in [0.25, 0.3) is 11.8 Å². The van der Waals surface area contributed by atoms with Gasteiger partial charge in [-0.05, 0) is 38.5 Å². The molecule has 11 heteroatoms. The highest BCUT2D eigenvalue weighted by atomic mass is 19.4. The zero-order chi connectivity index (χ0) is 23.8. The summed E-state index contributed by atoms with van der Waals surface area (Å²) >= 11 is 0. The lowest BCUT2D eigenvalue weighted by atomic mass is 9.85. The van der Waals surface area contributed by atoms with Crippen molar-refractivity contribution in [3.05, 3.63) is 53.1 Å². The predicted molar refractivity (Wildman–Crippen MR) is 106 cm³/mol. The molecule has 7 nitrogen and oxygen atoms in total. The van der Waals surface area contributed by atoms with Gasteiger partial charge in [0.15, 0.2) is 5.60 Å². The Balaban J connectivity index is 2.01. The van der Waals surface area contributed by atoms with Gasteiger partial charge in [-0.1, -0.05) is 6.07 Å². The maximum Gasteiger partial charge on any atom is 0.417 e. The average molecular weight is 455 g/mol. The third-order valence-electron chi connectivity index (χ3n) is 5.47. The molecule has 3 atom stereocenters. The lowest BCUT2D eigenvalue weighted by Crippen LogP contribution is -2.43. The Morgan fingerprint density at radius 3 is 2.59 bits per heavy atom. The molecular weight excluding hydrogens is 434 g/mol. The van der Waals surface area contributed by atoms with Crippen LogP contribution in [0, 0.1) is 12.7 Å². The van der Waals surface area contributed by atoms with Crippen LogP contribution in [0.3, 0.4) is 0 Å². The minimum Gasteiger partial charge on any atom is -0.496 e. The molecule has 1 saturated heterocycles. The zero-order valence-electron chi connectivity index (χ0n) is 17.4. The Bertz CT molecular complexity index is 1060. The summed E-state index contributed by atoms with van der Waals surface area (Å²) in [6.45, 7) is 2.28. The van der Waals surface area contributed by atoms with E-state index >= 15 is 0 Å². The van der Waals surface area contributed by atoms with Crippen molar-refractivity contribution in [3.8, 4) is 5.75 Å². The van der Waals surface area contributed by atoms with Gasteiger partial charge in [0.1, 0.15) is 23.4 Å². The van der Waals surface area contributed by atoms with Crippen LogP contribution < -0.4 is 15.8 Å². The van der Waals surface area contributed by atoms with Crippen molar-refractivity contribution in [2.45, 2.75) is 44.1 Å². The molecule has 2 aromatic rings. The number of ether oxygens (including phenoxy) is 2. The number of halogens is 4. The number of nitrogens with two attached hydrogens (primary N) is 1. The number of alkyl halides is 3. The fourth-order valence-electron chi connectivity index (χ4n) is 3.74. The van der Waals surface area contributed by atoms with Crippen LogP contribution in [-0.4, -0.2) is 41.8 Å². The number of rotatable bonds is 5. The van der Waals surface area contributed by atoms with Gasteiger partial charge in [0.05, 0.1) is 7.11 Å². The largest absolute Gasteiger partial charge is 0.496 e. The highest BCUT2D eigenvalue weighted by molar-refractivity contribution is 5.97. The first-order chi connectivity index (χ1) is 14.9. The molecule has 0 bridgehead atoms. The first-order valence-electron chi connectivity index (χ1n) is 9.52. The van der Waals surface area contributed by atoms with Gasteiger partial charge in [-0.15, -0.1) is 0 Å². The lowest BCUT2D eigenvalue weighted by molar-refractivity contribution is -0.261. The molecule has 0 aliphatic carbocycles. The average Bonchev–Trinajstić information content (AvgIpc) is 3.09. The van der Waals surface area contributed by atoms with Crippen LogP contribution in [-0.2, 0) is 9.53 Å². The standard InChI is InChI=1S/C21H21F4N3O4/c1-10-14(22)5-4-12(16(10)31-3)13-9-20(2,21(23,24)25)32-17(13)19(30)28-11-6-7-27-15(8-11)18(26)29/h4-8,13,17H,9H2,1-3H3,(H2,26,29)(H,27,28,30)/t13-,17-,20-/m1/s1. The van der Waals surface area contributed by atoms with Crippen molar-refractivity contribution in [2.75, 3.05) is 12.4 Å². The van der Waals surface area contributed by atoms with E-state index in [1.807, 2.05) is 0 Å². The van der Waals surface area contributed by atoms with Crippen LogP contribution in [0.5, 0.6) is 5.75 Å². The number of carbonyl (C=O) groups is 2. The van der Waals surface area contributed by atoms with Crippen LogP contribution in [0.2, 0.25) is 0 Å². The molecule has 0 unspecified atom stereocenters. The number of nitrogens with one attached hydrogen (secondary N) is 1. The smallest absolute Gasteiger partial charge is 0.417 e. The molecule has 1 aromatic heterocycles. The summed E-state index contributed by atoms with van der Waals surface area (Å²) in [6, 6.07) is 4.93. The summed E-state index contributed by atoms with van der Waals surface area (Å²) in [6.07, 6.45) is -5.71. The van der Waals surface area contributed by atoms with E-state index in [0.29, 0.717) is 0 Å². The van der Waals surface area contributed by atoms with Crippen molar-refractivity contribution in [1.82, 2.24) is 4.98 Å². The number of nitrogens with zero attached hydrogens (tertiary/aromatic N) is 1. The molecule has 2 amide bonds. The second-order valence-electron chi connectivity index (χ2n) is 7.66. The fourth-order valence-corrected chi connectivity index (χ4v) is 3.74. The van der Waals surface area contributed by atoms with Crippen LogP contribution in [0.1, 0.15) is 40.9 Å². The first kappa shape index (κ1) is 23.5. The molecule has 1 aromatic carbocycles. The molecule has 0 radical (unpaired) electrons. The molecule has 2 heterocycles. The van der Waals surface area contributed by atoms with Crippen molar-refractivity contribution in [3.63, 3.8) is 0 Å². The minimum absolute atomic E-state index is 0.0442. The quantitative estimate of drug-likeness (QED) is 0.672. The van der Waals surface area contributed by atoms with Crippen LogP contribution in [0.25, 0.3) is 0 Å². The number of pyridine rings is 1. The molecule has 1 aliphatic heterocycles. The molecule has 3 N–H and O–H groups in total. The zero-order valence-corrected chi connectivity index (χ0v) is 17.4. The van der Waals surface area contributed by atoms with E-state index in [9.17, 15) is 27.2 Å². The Kier molecular flexibility index (Phi) is 6.14. The van der Waals surface area contributed by atoms with Crippen molar-refractivity contribution in [1.29, 1.82) is 0 Å². The minimum atomic E-state index is -4.77. The number of primary amides is 1. The lowest BCUT2D eigenvalue weighted by Gasteiger charge is -2.27. The van der Waals surface area contributed by atoms with Gasteiger partial charge in [0, 0.05) is 28.9 Å². The van der Waals surface area contributed by atoms with Crippen LogP contribution in [0.4, 0.5) is 23.2 Å². The fraction of sp³-hybridized carbons (Fsp3) is 0.381. The Labute approximate surface area is 180 Å². The second-order valence-corrected chi connectivity index (χ2v) is 7.66. The number of anilines is 1. The summed E-state index contributed by atoms with van der Waals surface area (Å²) in [4.78, 5) is 28.0. The first-order valence-corrected chi connectivity index (χ1v) is 9.52. The summed E-state index contributed by atoms with van der Waals surface area (Å²) in [7, 11) is 1.27. The van der Waals surface area contributed by atoms with E-state index in [4.69, 9.17) is 15.2 Å². The Morgan fingerprint density at radius 1 is 1.31 bits per heavy atom. The van der Waals surface area contributed by atoms with Crippen LogP contribution >= 0.6 is 0 Å². The SMILES string of the molecule is COc1c([C@H]2C[C@](C)(C(F)(F)F)O[C@H]2C(=O)Nc2ccnc(C(N)=O)c2)ccc(F)c1C. The number of hydrogen-bond acceptors (Lipinski definition) is 5. The number of methoxy groups -OCH3 is 1. The summed E-state index contributed by atoms with van der Waals surface area (Å²) in [5.74, 6) is -3.36. The molecule has 3 rings (SSSR count). The maximum atomic E-state index is 14.0. The number of aromatic nitrogens is 1. The van der Waals surface area contributed by atoms with E-state index < -0.39 is 47.9 Å². The van der Waals surface area contributed by atoms with Gasteiger partial charge >= 0.3 is 6.18 Å². The van der Waals surface area contributed by atoms with Crippen molar-refractivity contribution < 1.29 is 36.6 Å².